The topological polar surface area (TPSA) is 41.8 Å². The van der Waals surface area contributed by atoms with Crippen LogP contribution in [0.4, 0.5) is 8.78 Å². The summed E-state index contributed by atoms with van der Waals surface area (Å²) in [5, 5.41) is 0. The predicted molar refractivity (Wildman–Crippen MR) is 90.7 cm³/mol. The SMILES string of the molecule is C[C@@H](c1ccccc1)[NH+]1CCN(S(=O)(=O)c2cc(F)ccc2F)CC1. The van der Waals surface area contributed by atoms with Crippen molar-refractivity contribution in [3.05, 3.63) is 65.7 Å². The molecule has 134 valence electrons. The van der Waals surface area contributed by atoms with Crippen molar-refractivity contribution in [2.75, 3.05) is 26.2 Å². The molecule has 3 rings (SSSR count). The summed E-state index contributed by atoms with van der Waals surface area (Å²) in [6.07, 6.45) is 0. The van der Waals surface area contributed by atoms with Crippen molar-refractivity contribution in [2.45, 2.75) is 17.9 Å². The summed E-state index contributed by atoms with van der Waals surface area (Å²) in [6.45, 7) is 3.91. The van der Waals surface area contributed by atoms with Crippen molar-refractivity contribution in [1.82, 2.24) is 4.31 Å². The second-order valence-electron chi connectivity index (χ2n) is 6.27. The van der Waals surface area contributed by atoms with E-state index in [0.29, 0.717) is 13.1 Å². The van der Waals surface area contributed by atoms with Gasteiger partial charge in [-0.15, -0.1) is 0 Å². The molecule has 0 amide bonds. The molecule has 2 aromatic rings. The Kier molecular flexibility index (Phi) is 5.17. The van der Waals surface area contributed by atoms with Gasteiger partial charge in [0, 0.05) is 5.56 Å². The smallest absolute Gasteiger partial charge is 0.246 e. The fourth-order valence-electron chi connectivity index (χ4n) is 3.24. The third-order valence-corrected chi connectivity index (χ3v) is 6.70. The molecule has 0 bridgehead atoms. The number of rotatable bonds is 4. The fraction of sp³-hybridized carbons (Fsp3) is 0.333. The molecule has 1 atom stereocenters. The Morgan fingerprint density at radius 3 is 2.32 bits per heavy atom. The van der Waals surface area contributed by atoms with Gasteiger partial charge in [0.1, 0.15) is 22.6 Å². The summed E-state index contributed by atoms with van der Waals surface area (Å²) in [6, 6.07) is 12.8. The number of halogens is 2. The summed E-state index contributed by atoms with van der Waals surface area (Å²) < 4.78 is 53.7. The molecule has 7 heteroatoms. The van der Waals surface area contributed by atoms with Crippen LogP contribution in [-0.4, -0.2) is 38.9 Å². The molecule has 0 radical (unpaired) electrons. The Bertz CT molecular complexity index is 835. The molecule has 1 N–H and O–H groups in total. The van der Waals surface area contributed by atoms with Crippen LogP contribution in [0.2, 0.25) is 0 Å². The molecule has 25 heavy (non-hydrogen) atoms. The van der Waals surface area contributed by atoms with E-state index >= 15 is 0 Å². The molecule has 1 saturated heterocycles. The van der Waals surface area contributed by atoms with E-state index < -0.39 is 26.6 Å². The van der Waals surface area contributed by atoms with E-state index in [4.69, 9.17) is 0 Å². The highest BCUT2D eigenvalue weighted by Gasteiger charge is 2.34. The molecule has 0 aliphatic carbocycles. The molecule has 0 saturated carbocycles. The van der Waals surface area contributed by atoms with Crippen LogP contribution in [0.5, 0.6) is 0 Å². The second-order valence-corrected chi connectivity index (χ2v) is 8.18. The van der Waals surface area contributed by atoms with Gasteiger partial charge in [0.15, 0.2) is 0 Å². The normalized spacial score (nSPS) is 18.2. The van der Waals surface area contributed by atoms with Crippen molar-refractivity contribution in [3.8, 4) is 0 Å². The Morgan fingerprint density at radius 2 is 1.68 bits per heavy atom. The number of nitrogens with one attached hydrogen (secondary N) is 1. The lowest BCUT2D eigenvalue weighted by Gasteiger charge is -2.35. The number of quaternary nitrogens is 1. The zero-order valence-corrected chi connectivity index (χ0v) is 14.8. The third-order valence-electron chi connectivity index (χ3n) is 4.79. The first-order valence-electron chi connectivity index (χ1n) is 8.24. The number of nitrogens with zero attached hydrogens (tertiary/aromatic N) is 1. The number of piperazine rings is 1. The van der Waals surface area contributed by atoms with Crippen LogP contribution in [-0.2, 0) is 10.0 Å². The van der Waals surface area contributed by atoms with Gasteiger partial charge in [-0.25, -0.2) is 17.2 Å². The molecule has 0 aromatic heterocycles. The van der Waals surface area contributed by atoms with Gasteiger partial charge >= 0.3 is 0 Å². The molecular weight excluding hydrogens is 346 g/mol. The Labute approximate surface area is 146 Å². The first-order chi connectivity index (χ1) is 11.9. The van der Waals surface area contributed by atoms with Crippen molar-refractivity contribution in [1.29, 1.82) is 0 Å². The van der Waals surface area contributed by atoms with Crippen molar-refractivity contribution < 1.29 is 22.1 Å². The lowest BCUT2D eigenvalue weighted by Crippen LogP contribution is -3.14. The summed E-state index contributed by atoms with van der Waals surface area (Å²) in [7, 11) is -4.02. The van der Waals surface area contributed by atoms with Gasteiger partial charge in [0.25, 0.3) is 0 Å². The zero-order valence-electron chi connectivity index (χ0n) is 14.0. The van der Waals surface area contributed by atoms with Crippen LogP contribution in [0.3, 0.4) is 0 Å². The lowest BCUT2D eigenvalue weighted by molar-refractivity contribution is -0.933. The third kappa shape index (κ3) is 3.73. The molecular formula is C18H21F2N2O2S+. The first kappa shape index (κ1) is 18.0. The van der Waals surface area contributed by atoms with E-state index in [1.165, 1.54) is 14.8 Å². The lowest BCUT2D eigenvalue weighted by atomic mass is 10.1. The number of hydrogen-bond donors (Lipinski definition) is 1. The van der Waals surface area contributed by atoms with E-state index in [1.54, 1.807) is 0 Å². The summed E-state index contributed by atoms with van der Waals surface area (Å²) in [4.78, 5) is 0.685. The van der Waals surface area contributed by atoms with Crippen LogP contribution in [0.25, 0.3) is 0 Å². The molecule has 0 spiro atoms. The van der Waals surface area contributed by atoms with Crippen LogP contribution in [0, 0.1) is 11.6 Å². The van der Waals surface area contributed by atoms with Crippen molar-refractivity contribution in [2.24, 2.45) is 0 Å². The average molecular weight is 367 g/mol. The van der Waals surface area contributed by atoms with Gasteiger partial charge in [0.2, 0.25) is 10.0 Å². The highest BCUT2D eigenvalue weighted by Crippen LogP contribution is 2.20. The van der Waals surface area contributed by atoms with Gasteiger partial charge in [-0.1, -0.05) is 30.3 Å². The molecule has 1 aliphatic heterocycles. The number of benzene rings is 2. The van der Waals surface area contributed by atoms with Crippen LogP contribution in [0.1, 0.15) is 18.5 Å². The van der Waals surface area contributed by atoms with E-state index in [0.717, 1.165) is 18.2 Å². The minimum atomic E-state index is -4.02. The maximum absolute atomic E-state index is 13.9. The predicted octanol–water partition coefficient (Wildman–Crippen LogP) is 1.62. The van der Waals surface area contributed by atoms with Crippen LogP contribution in [0.15, 0.2) is 53.4 Å². The molecule has 1 heterocycles. The van der Waals surface area contributed by atoms with E-state index in [2.05, 4.69) is 19.1 Å². The second kappa shape index (κ2) is 7.19. The standard InChI is InChI=1S/C18H20F2N2O2S/c1-14(15-5-3-2-4-6-15)21-9-11-22(12-10-21)25(23,24)18-13-16(19)7-8-17(18)20/h2-8,13-14H,9-12H2,1H3/p+1/t14-/m0/s1. The molecule has 4 nitrogen and oxygen atoms in total. The summed E-state index contributed by atoms with van der Waals surface area (Å²) >= 11 is 0. The van der Waals surface area contributed by atoms with Crippen LogP contribution < -0.4 is 4.90 Å². The Morgan fingerprint density at radius 1 is 1.04 bits per heavy atom. The van der Waals surface area contributed by atoms with Gasteiger partial charge in [0.05, 0.1) is 26.2 Å². The monoisotopic (exact) mass is 367 g/mol. The van der Waals surface area contributed by atoms with Gasteiger partial charge < -0.3 is 4.90 Å². The van der Waals surface area contributed by atoms with Gasteiger partial charge in [-0.3, -0.25) is 0 Å². The minimum absolute atomic E-state index is 0.247. The van der Waals surface area contributed by atoms with Gasteiger partial charge in [-0.05, 0) is 25.1 Å². The maximum atomic E-state index is 13.9. The first-order valence-corrected chi connectivity index (χ1v) is 9.68. The van der Waals surface area contributed by atoms with E-state index in [9.17, 15) is 17.2 Å². The Hall–Kier alpha value is -1.83. The zero-order chi connectivity index (χ0) is 18.0. The quantitative estimate of drug-likeness (QED) is 0.892. The van der Waals surface area contributed by atoms with E-state index in [-0.39, 0.29) is 19.1 Å². The summed E-state index contributed by atoms with van der Waals surface area (Å²) in [5.74, 6) is -1.68. The number of sulfonamides is 1. The largest absolute Gasteiger partial charge is 0.327 e. The fourth-order valence-corrected chi connectivity index (χ4v) is 4.76. The molecule has 2 aromatic carbocycles. The highest BCUT2D eigenvalue weighted by atomic mass is 32.2. The molecule has 1 aliphatic rings. The van der Waals surface area contributed by atoms with Crippen molar-refractivity contribution in [3.63, 3.8) is 0 Å². The van der Waals surface area contributed by atoms with Crippen molar-refractivity contribution >= 4 is 10.0 Å². The molecule has 1 fully saturated rings. The van der Waals surface area contributed by atoms with E-state index in [1.807, 2.05) is 18.2 Å². The summed E-state index contributed by atoms with van der Waals surface area (Å²) in [5.41, 5.74) is 1.20. The minimum Gasteiger partial charge on any atom is -0.327 e. The average Bonchev–Trinajstić information content (AvgIpc) is 2.64. The maximum Gasteiger partial charge on any atom is 0.246 e. The Balaban J connectivity index is 1.72. The van der Waals surface area contributed by atoms with Crippen LogP contribution >= 0.6 is 0 Å². The highest BCUT2D eigenvalue weighted by molar-refractivity contribution is 7.89. The molecule has 0 unspecified atom stereocenters. The number of hydrogen-bond acceptors (Lipinski definition) is 2. The van der Waals surface area contributed by atoms with Gasteiger partial charge in [-0.2, -0.15) is 4.31 Å².